The first-order valence-corrected chi connectivity index (χ1v) is 10.9. The van der Waals surface area contributed by atoms with Crippen molar-refractivity contribution >= 4 is 40.5 Å². The summed E-state index contributed by atoms with van der Waals surface area (Å²) >= 11 is 1.60. The SMILES string of the molecule is CC1CCc2c(C(=O)OCC(=O)Nc3cccc(N4CCCC4=O)c3)csc2C1. The number of nitrogens with one attached hydrogen (secondary N) is 1. The van der Waals surface area contributed by atoms with Crippen LogP contribution in [-0.2, 0) is 27.2 Å². The molecule has 7 heteroatoms. The third kappa shape index (κ3) is 4.34. The molecule has 1 aliphatic carbocycles. The molecular weight excluding hydrogens is 388 g/mol. The molecule has 2 heterocycles. The van der Waals surface area contributed by atoms with Crippen LogP contribution in [0.4, 0.5) is 11.4 Å². The van der Waals surface area contributed by atoms with Crippen molar-refractivity contribution in [1.29, 1.82) is 0 Å². The van der Waals surface area contributed by atoms with Crippen molar-refractivity contribution in [3.05, 3.63) is 45.6 Å². The van der Waals surface area contributed by atoms with E-state index >= 15 is 0 Å². The number of ether oxygens (including phenoxy) is 1. The number of esters is 1. The highest BCUT2D eigenvalue weighted by Gasteiger charge is 2.25. The number of carbonyl (C=O) groups excluding carboxylic acids is 3. The Labute approximate surface area is 173 Å². The third-order valence-electron chi connectivity index (χ3n) is 5.47. The normalized spacial score (nSPS) is 18.4. The summed E-state index contributed by atoms with van der Waals surface area (Å²) in [7, 11) is 0. The Morgan fingerprint density at radius 3 is 2.97 bits per heavy atom. The Balaban J connectivity index is 1.34. The zero-order valence-electron chi connectivity index (χ0n) is 16.4. The van der Waals surface area contributed by atoms with Crippen LogP contribution in [-0.4, -0.2) is 30.9 Å². The molecule has 1 N–H and O–H groups in total. The van der Waals surface area contributed by atoms with Gasteiger partial charge in [0.25, 0.3) is 5.91 Å². The number of thiophene rings is 1. The third-order valence-corrected chi connectivity index (χ3v) is 6.52. The lowest BCUT2D eigenvalue weighted by Crippen LogP contribution is -2.24. The van der Waals surface area contributed by atoms with Gasteiger partial charge in [-0.2, -0.15) is 0 Å². The second-order valence-corrected chi connectivity index (χ2v) is 8.69. The van der Waals surface area contributed by atoms with Gasteiger partial charge in [0.2, 0.25) is 5.91 Å². The summed E-state index contributed by atoms with van der Waals surface area (Å²) in [5.74, 6) is -0.108. The minimum Gasteiger partial charge on any atom is -0.452 e. The van der Waals surface area contributed by atoms with E-state index in [0.29, 0.717) is 30.1 Å². The van der Waals surface area contributed by atoms with Crippen molar-refractivity contribution in [2.24, 2.45) is 5.92 Å². The fourth-order valence-electron chi connectivity index (χ4n) is 3.93. The Bertz CT molecular complexity index is 952. The molecule has 1 aromatic carbocycles. The second-order valence-electron chi connectivity index (χ2n) is 7.72. The second kappa shape index (κ2) is 8.37. The maximum Gasteiger partial charge on any atom is 0.339 e. The smallest absolute Gasteiger partial charge is 0.339 e. The molecule has 0 spiro atoms. The molecule has 0 saturated carbocycles. The number of carbonyl (C=O) groups is 3. The Kier molecular flexibility index (Phi) is 5.67. The molecular formula is C22H24N2O4S. The van der Waals surface area contributed by atoms with E-state index in [1.165, 1.54) is 4.88 Å². The number of benzene rings is 1. The number of nitrogens with zero attached hydrogens (tertiary/aromatic N) is 1. The fraction of sp³-hybridized carbons (Fsp3) is 0.409. The van der Waals surface area contributed by atoms with E-state index in [1.807, 2.05) is 11.4 Å². The van der Waals surface area contributed by atoms with Crippen molar-refractivity contribution in [3.63, 3.8) is 0 Å². The van der Waals surface area contributed by atoms with E-state index in [0.717, 1.165) is 36.9 Å². The molecule has 1 saturated heterocycles. The van der Waals surface area contributed by atoms with Gasteiger partial charge >= 0.3 is 5.97 Å². The van der Waals surface area contributed by atoms with Crippen molar-refractivity contribution in [2.75, 3.05) is 23.4 Å². The van der Waals surface area contributed by atoms with Crippen LogP contribution >= 0.6 is 11.3 Å². The average Bonchev–Trinajstić information content (AvgIpc) is 3.32. The van der Waals surface area contributed by atoms with Crippen LogP contribution in [0.3, 0.4) is 0 Å². The topological polar surface area (TPSA) is 75.7 Å². The standard InChI is InChI=1S/C22H24N2O4S/c1-14-7-8-17-18(13-29-19(17)10-14)22(27)28-12-20(25)23-15-4-2-5-16(11-15)24-9-3-6-21(24)26/h2,4-5,11,13-14H,3,6-10,12H2,1H3,(H,23,25). The van der Waals surface area contributed by atoms with Crippen molar-refractivity contribution in [1.82, 2.24) is 0 Å². The summed E-state index contributed by atoms with van der Waals surface area (Å²) in [5.41, 5.74) is 3.02. The van der Waals surface area contributed by atoms with Gasteiger partial charge in [-0.15, -0.1) is 11.3 Å². The summed E-state index contributed by atoms with van der Waals surface area (Å²) in [5, 5.41) is 4.58. The monoisotopic (exact) mass is 412 g/mol. The van der Waals surface area contributed by atoms with Gasteiger partial charge in [-0.3, -0.25) is 9.59 Å². The lowest BCUT2D eigenvalue weighted by molar-refractivity contribution is -0.119. The Morgan fingerprint density at radius 1 is 1.31 bits per heavy atom. The van der Waals surface area contributed by atoms with E-state index in [4.69, 9.17) is 4.74 Å². The van der Waals surface area contributed by atoms with Crippen LogP contribution in [0.25, 0.3) is 0 Å². The predicted octanol–water partition coefficient (Wildman–Crippen LogP) is 3.80. The molecule has 0 bridgehead atoms. The van der Waals surface area contributed by atoms with Gasteiger partial charge in [0.1, 0.15) is 0 Å². The van der Waals surface area contributed by atoms with Crippen molar-refractivity contribution in [2.45, 2.75) is 39.0 Å². The zero-order chi connectivity index (χ0) is 20.4. The molecule has 1 fully saturated rings. The van der Waals surface area contributed by atoms with Gasteiger partial charge in [0.15, 0.2) is 6.61 Å². The van der Waals surface area contributed by atoms with E-state index < -0.39 is 11.9 Å². The van der Waals surface area contributed by atoms with Crippen LogP contribution in [0.2, 0.25) is 0 Å². The van der Waals surface area contributed by atoms with Gasteiger partial charge in [-0.05, 0) is 55.4 Å². The summed E-state index contributed by atoms with van der Waals surface area (Å²) in [6.45, 7) is 2.57. The molecule has 2 amide bonds. The Morgan fingerprint density at radius 2 is 2.17 bits per heavy atom. The maximum atomic E-state index is 12.4. The minimum absolute atomic E-state index is 0.0934. The summed E-state index contributed by atoms with van der Waals surface area (Å²) in [4.78, 5) is 39.6. The number of rotatable bonds is 5. The lowest BCUT2D eigenvalue weighted by atomic mass is 9.88. The van der Waals surface area contributed by atoms with Gasteiger partial charge in [0.05, 0.1) is 5.56 Å². The summed E-state index contributed by atoms with van der Waals surface area (Å²) in [6, 6.07) is 7.15. The molecule has 1 unspecified atom stereocenters. The fourth-order valence-corrected chi connectivity index (χ4v) is 5.16. The molecule has 1 atom stereocenters. The van der Waals surface area contributed by atoms with E-state index in [1.54, 1.807) is 34.4 Å². The first-order chi connectivity index (χ1) is 14.0. The molecule has 1 aromatic heterocycles. The summed E-state index contributed by atoms with van der Waals surface area (Å²) < 4.78 is 5.25. The maximum absolute atomic E-state index is 12.4. The van der Waals surface area contributed by atoms with Crippen molar-refractivity contribution in [3.8, 4) is 0 Å². The molecule has 152 valence electrons. The number of hydrogen-bond donors (Lipinski definition) is 1. The Hall–Kier alpha value is -2.67. The molecule has 2 aliphatic rings. The molecule has 1 aliphatic heterocycles. The molecule has 4 rings (SSSR count). The van der Waals surface area contributed by atoms with Gasteiger partial charge < -0.3 is 15.0 Å². The van der Waals surface area contributed by atoms with Crippen molar-refractivity contribution < 1.29 is 19.1 Å². The molecule has 6 nitrogen and oxygen atoms in total. The number of fused-ring (bicyclic) bond motifs is 1. The van der Waals surface area contributed by atoms with Crippen LogP contribution in [0.15, 0.2) is 29.6 Å². The largest absolute Gasteiger partial charge is 0.452 e. The minimum atomic E-state index is -0.441. The van der Waals surface area contributed by atoms with Gasteiger partial charge in [-0.1, -0.05) is 13.0 Å². The van der Waals surface area contributed by atoms with Gasteiger partial charge in [-0.25, -0.2) is 4.79 Å². The molecule has 0 radical (unpaired) electrons. The zero-order valence-corrected chi connectivity index (χ0v) is 17.2. The first kappa shape index (κ1) is 19.6. The highest BCUT2D eigenvalue weighted by Crippen LogP contribution is 2.33. The molecule has 29 heavy (non-hydrogen) atoms. The molecule has 2 aromatic rings. The predicted molar refractivity (Wildman–Crippen MR) is 112 cm³/mol. The number of amides is 2. The van der Waals surface area contributed by atoms with E-state index in [2.05, 4.69) is 12.2 Å². The first-order valence-electron chi connectivity index (χ1n) is 9.98. The van der Waals surface area contributed by atoms with Gasteiger partial charge in [0, 0.05) is 34.6 Å². The lowest BCUT2D eigenvalue weighted by Gasteiger charge is -2.18. The van der Waals surface area contributed by atoms with E-state index in [-0.39, 0.29) is 12.5 Å². The highest BCUT2D eigenvalue weighted by molar-refractivity contribution is 7.10. The average molecular weight is 413 g/mol. The number of anilines is 2. The summed E-state index contributed by atoms with van der Waals surface area (Å²) in [6.07, 6.45) is 4.36. The van der Waals surface area contributed by atoms with Crippen LogP contribution in [0.1, 0.15) is 47.0 Å². The van der Waals surface area contributed by atoms with Crippen LogP contribution in [0, 0.1) is 5.92 Å². The van der Waals surface area contributed by atoms with Crippen LogP contribution < -0.4 is 10.2 Å². The quantitative estimate of drug-likeness (QED) is 0.758. The van der Waals surface area contributed by atoms with E-state index in [9.17, 15) is 14.4 Å². The highest BCUT2D eigenvalue weighted by atomic mass is 32.1. The number of hydrogen-bond acceptors (Lipinski definition) is 5. The van der Waals surface area contributed by atoms with Crippen LogP contribution in [0.5, 0.6) is 0 Å².